The number of hydrogen-bond donors (Lipinski definition) is 0. The van der Waals surface area contributed by atoms with Crippen LogP contribution in [-0.2, 0) is 7.05 Å². The standard InChI is InChI=1S/C21H16ClN3O/c1-24-14-19(15-12-23-25(13-15)16-7-3-2-4-8-16)18(11-21(24)26)17-9-5-6-10-20(17)22/h2-14H,1H3. The summed E-state index contributed by atoms with van der Waals surface area (Å²) in [4.78, 5) is 12.2. The monoisotopic (exact) mass is 361 g/mol. The highest BCUT2D eigenvalue weighted by Gasteiger charge is 2.14. The van der Waals surface area contributed by atoms with Gasteiger partial charge in [0.1, 0.15) is 0 Å². The molecule has 0 radical (unpaired) electrons. The van der Waals surface area contributed by atoms with E-state index in [0.717, 1.165) is 27.9 Å². The average molecular weight is 362 g/mol. The lowest BCUT2D eigenvalue weighted by Gasteiger charge is -2.11. The number of para-hydroxylation sites is 1. The molecular formula is C21H16ClN3O. The van der Waals surface area contributed by atoms with Crippen LogP contribution in [0.15, 0.2) is 84.0 Å². The molecule has 4 nitrogen and oxygen atoms in total. The van der Waals surface area contributed by atoms with E-state index >= 15 is 0 Å². The molecule has 0 aliphatic heterocycles. The SMILES string of the molecule is Cn1cc(-c2cnn(-c3ccccc3)c2)c(-c2ccccc2Cl)cc1=O. The van der Waals surface area contributed by atoms with Gasteiger partial charge >= 0.3 is 0 Å². The molecular weight excluding hydrogens is 346 g/mol. The summed E-state index contributed by atoms with van der Waals surface area (Å²) >= 11 is 6.38. The van der Waals surface area contributed by atoms with Crippen molar-refractivity contribution < 1.29 is 0 Å². The van der Waals surface area contributed by atoms with Gasteiger partial charge in [-0.05, 0) is 23.8 Å². The molecule has 0 spiro atoms. The maximum Gasteiger partial charge on any atom is 0.250 e. The van der Waals surface area contributed by atoms with E-state index in [1.165, 1.54) is 0 Å². The summed E-state index contributed by atoms with van der Waals surface area (Å²) in [7, 11) is 1.74. The van der Waals surface area contributed by atoms with E-state index in [1.54, 1.807) is 23.9 Å². The van der Waals surface area contributed by atoms with Gasteiger partial charge in [0, 0.05) is 47.2 Å². The van der Waals surface area contributed by atoms with Gasteiger partial charge in [-0.2, -0.15) is 5.10 Å². The molecule has 0 saturated carbocycles. The molecule has 2 aromatic heterocycles. The van der Waals surface area contributed by atoms with Gasteiger partial charge in [0.15, 0.2) is 0 Å². The third kappa shape index (κ3) is 2.95. The normalized spacial score (nSPS) is 10.8. The van der Waals surface area contributed by atoms with Crippen molar-refractivity contribution in [2.24, 2.45) is 7.05 Å². The van der Waals surface area contributed by atoms with Crippen molar-refractivity contribution >= 4 is 11.6 Å². The number of aryl methyl sites for hydroxylation is 1. The van der Waals surface area contributed by atoms with Gasteiger partial charge in [-0.1, -0.05) is 48.0 Å². The van der Waals surface area contributed by atoms with Crippen LogP contribution in [0, 0.1) is 0 Å². The highest BCUT2D eigenvalue weighted by molar-refractivity contribution is 6.33. The molecule has 0 aliphatic carbocycles. The Kier molecular flexibility index (Phi) is 4.19. The van der Waals surface area contributed by atoms with Crippen molar-refractivity contribution in [1.82, 2.24) is 14.3 Å². The Morgan fingerprint density at radius 2 is 1.62 bits per heavy atom. The van der Waals surface area contributed by atoms with Gasteiger partial charge in [0.2, 0.25) is 0 Å². The number of pyridine rings is 1. The Morgan fingerprint density at radius 1 is 0.885 bits per heavy atom. The van der Waals surface area contributed by atoms with Gasteiger partial charge < -0.3 is 4.57 Å². The summed E-state index contributed by atoms with van der Waals surface area (Å²) in [6, 6.07) is 19.0. The molecule has 0 saturated heterocycles. The lowest BCUT2D eigenvalue weighted by atomic mass is 9.98. The zero-order chi connectivity index (χ0) is 18.1. The first-order valence-corrected chi connectivity index (χ1v) is 8.57. The molecule has 0 amide bonds. The second kappa shape index (κ2) is 6.65. The van der Waals surface area contributed by atoms with Crippen molar-refractivity contribution in [1.29, 1.82) is 0 Å². The van der Waals surface area contributed by atoms with Crippen molar-refractivity contribution in [3.8, 4) is 27.9 Å². The van der Waals surface area contributed by atoms with Crippen LogP contribution in [0.25, 0.3) is 27.9 Å². The summed E-state index contributed by atoms with van der Waals surface area (Å²) in [5, 5.41) is 5.08. The van der Waals surface area contributed by atoms with Gasteiger partial charge in [-0.3, -0.25) is 4.79 Å². The van der Waals surface area contributed by atoms with Gasteiger partial charge in [-0.15, -0.1) is 0 Å². The lowest BCUT2D eigenvalue weighted by Crippen LogP contribution is -2.15. The van der Waals surface area contributed by atoms with Crippen LogP contribution in [0.3, 0.4) is 0 Å². The smallest absolute Gasteiger partial charge is 0.250 e. The van der Waals surface area contributed by atoms with Crippen LogP contribution >= 0.6 is 11.6 Å². The number of nitrogens with zero attached hydrogens (tertiary/aromatic N) is 3. The number of hydrogen-bond acceptors (Lipinski definition) is 2. The molecule has 0 unspecified atom stereocenters. The molecule has 0 atom stereocenters. The van der Waals surface area contributed by atoms with E-state index in [9.17, 15) is 4.79 Å². The number of halogens is 1. The third-order valence-corrected chi connectivity index (χ3v) is 4.64. The highest BCUT2D eigenvalue weighted by atomic mass is 35.5. The van der Waals surface area contributed by atoms with Crippen LogP contribution in [0.5, 0.6) is 0 Å². The minimum Gasteiger partial charge on any atom is -0.318 e. The fourth-order valence-corrected chi connectivity index (χ4v) is 3.18. The fraction of sp³-hybridized carbons (Fsp3) is 0.0476. The third-order valence-electron chi connectivity index (χ3n) is 4.31. The fourth-order valence-electron chi connectivity index (χ4n) is 2.95. The highest BCUT2D eigenvalue weighted by Crippen LogP contribution is 2.34. The summed E-state index contributed by atoms with van der Waals surface area (Å²) in [5.41, 5.74) is 4.34. The van der Waals surface area contributed by atoms with Crippen molar-refractivity contribution in [3.05, 3.63) is 94.6 Å². The minimum absolute atomic E-state index is 0.0841. The molecule has 2 aromatic carbocycles. The number of benzene rings is 2. The average Bonchev–Trinajstić information content (AvgIpc) is 3.15. The predicted molar refractivity (Wildman–Crippen MR) is 105 cm³/mol. The van der Waals surface area contributed by atoms with Crippen LogP contribution < -0.4 is 5.56 Å². The van der Waals surface area contributed by atoms with Crippen molar-refractivity contribution in [3.63, 3.8) is 0 Å². The second-order valence-electron chi connectivity index (χ2n) is 6.04. The molecule has 26 heavy (non-hydrogen) atoms. The molecule has 128 valence electrons. The molecule has 0 aliphatic rings. The zero-order valence-electron chi connectivity index (χ0n) is 14.1. The van der Waals surface area contributed by atoms with E-state index in [0.29, 0.717) is 5.02 Å². The van der Waals surface area contributed by atoms with E-state index in [1.807, 2.05) is 71.7 Å². The molecule has 2 heterocycles. The maximum absolute atomic E-state index is 12.2. The summed E-state index contributed by atoms with van der Waals surface area (Å²) < 4.78 is 3.38. The van der Waals surface area contributed by atoms with Crippen molar-refractivity contribution in [2.45, 2.75) is 0 Å². The second-order valence-corrected chi connectivity index (χ2v) is 6.45. The summed E-state index contributed by atoms with van der Waals surface area (Å²) in [5.74, 6) is 0. The molecule has 0 bridgehead atoms. The molecule has 0 N–H and O–H groups in total. The quantitative estimate of drug-likeness (QED) is 0.536. The Bertz CT molecular complexity index is 1130. The van der Waals surface area contributed by atoms with Gasteiger partial charge in [-0.25, -0.2) is 4.68 Å². The lowest BCUT2D eigenvalue weighted by molar-refractivity contribution is 0.863. The van der Waals surface area contributed by atoms with E-state index < -0.39 is 0 Å². The van der Waals surface area contributed by atoms with Gasteiger partial charge in [0.05, 0.1) is 11.9 Å². The molecule has 4 rings (SSSR count). The largest absolute Gasteiger partial charge is 0.318 e. The molecule has 5 heteroatoms. The topological polar surface area (TPSA) is 39.8 Å². The first-order valence-electron chi connectivity index (χ1n) is 8.19. The Hall–Kier alpha value is -3.11. The van der Waals surface area contributed by atoms with Gasteiger partial charge in [0.25, 0.3) is 5.56 Å². The van der Waals surface area contributed by atoms with E-state index in [4.69, 9.17) is 11.6 Å². The van der Waals surface area contributed by atoms with Crippen LogP contribution in [-0.4, -0.2) is 14.3 Å². The van der Waals surface area contributed by atoms with E-state index in [-0.39, 0.29) is 5.56 Å². The van der Waals surface area contributed by atoms with Crippen LogP contribution in [0.4, 0.5) is 0 Å². The minimum atomic E-state index is -0.0841. The van der Waals surface area contributed by atoms with Crippen LogP contribution in [0.1, 0.15) is 0 Å². The molecule has 0 fully saturated rings. The first-order chi connectivity index (χ1) is 12.6. The van der Waals surface area contributed by atoms with Crippen molar-refractivity contribution in [2.75, 3.05) is 0 Å². The zero-order valence-corrected chi connectivity index (χ0v) is 14.9. The maximum atomic E-state index is 12.2. The molecule has 4 aromatic rings. The van der Waals surface area contributed by atoms with E-state index in [2.05, 4.69) is 5.10 Å². The Labute approximate surface area is 155 Å². The number of rotatable bonds is 3. The van der Waals surface area contributed by atoms with Crippen LogP contribution in [0.2, 0.25) is 5.02 Å². The Balaban J connectivity index is 1.90. The summed E-state index contributed by atoms with van der Waals surface area (Å²) in [6.07, 6.45) is 5.58. The Morgan fingerprint density at radius 3 is 2.38 bits per heavy atom. The predicted octanol–water partition coefficient (Wildman–Crippen LogP) is 4.56. The first kappa shape index (κ1) is 16.4. The summed E-state index contributed by atoms with van der Waals surface area (Å²) in [6.45, 7) is 0. The number of aromatic nitrogens is 3.